The van der Waals surface area contributed by atoms with Gasteiger partial charge in [-0.05, 0) is 39.7 Å². The lowest BCUT2D eigenvalue weighted by Gasteiger charge is -2.36. The molecule has 2 bridgehead atoms. The van der Waals surface area contributed by atoms with Crippen molar-refractivity contribution in [2.24, 2.45) is 0 Å². The Morgan fingerprint density at radius 3 is 2.43 bits per heavy atom. The summed E-state index contributed by atoms with van der Waals surface area (Å²) in [6.45, 7) is 7.02. The lowest BCUT2D eigenvalue weighted by Crippen LogP contribution is -2.47. The van der Waals surface area contributed by atoms with Crippen molar-refractivity contribution >= 4 is 0 Å². The zero-order chi connectivity index (χ0) is 10.1. The third-order valence-electron chi connectivity index (χ3n) is 3.79. The summed E-state index contributed by atoms with van der Waals surface area (Å²) in [5, 5.41) is 3.62. The second-order valence-electron chi connectivity index (χ2n) is 5.06. The van der Waals surface area contributed by atoms with Gasteiger partial charge < -0.3 is 10.2 Å². The first-order valence-electron chi connectivity index (χ1n) is 5.76. The topological polar surface area (TPSA) is 15.3 Å². The average molecular weight is 194 g/mol. The van der Waals surface area contributed by atoms with Gasteiger partial charge >= 0.3 is 0 Å². The molecule has 2 heteroatoms. The number of hydrogen-bond acceptors (Lipinski definition) is 2. The van der Waals surface area contributed by atoms with Gasteiger partial charge in [0.15, 0.2) is 0 Å². The first-order chi connectivity index (χ1) is 6.66. The second kappa shape index (κ2) is 4.03. The number of nitrogens with zero attached hydrogens (tertiary/aromatic N) is 1. The van der Waals surface area contributed by atoms with Crippen molar-refractivity contribution in [1.29, 1.82) is 0 Å². The molecule has 0 radical (unpaired) electrons. The van der Waals surface area contributed by atoms with E-state index in [1.165, 1.54) is 31.3 Å². The van der Waals surface area contributed by atoms with E-state index in [0.717, 1.165) is 24.7 Å². The van der Waals surface area contributed by atoms with Crippen LogP contribution in [0.1, 0.15) is 32.6 Å². The molecule has 2 atom stereocenters. The highest BCUT2D eigenvalue weighted by atomic mass is 15.2. The summed E-state index contributed by atoms with van der Waals surface area (Å²) < 4.78 is 0. The molecule has 0 spiro atoms. The maximum Gasteiger partial charge on any atom is 0.0161 e. The van der Waals surface area contributed by atoms with Crippen molar-refractivity contribution in [2.75, 3.05) is 13.6 Å². The van der Waals surface area contributed by atoms with Gasteiger partial charge in [-0.15, -0.1) is 0 Å². The summed E-state index contributed by atoms with van der Waals surface area (Å²) in [7, 11) is 2.29. The SMILES string of the molecule is C=C(C)CNC1CC2CCC(C1)N2C. The highest BCUT2D eigenvalue weighted by Crippen LogP contribution is 2.34. The van der Waals surface area contributed by atoms with Gasteiger partial charge in [0, 0.05) is 24.7 Å². The fourth-order valence-electron chi connectivity index (χ4n) is 2.90. The van der Waals surface area contributed by atoms with E-state index < -0.39 is 0 Å². The summed E-state index contributed by atoms with van der Waals surface area (Å²) in [4.78, 5) is 2.58. The van der Waals surface area contributed by atoms with Crippen LogP contribution in [0.25, 0.3) is 0 Å². The van der Waals surface area contributed by atoms with E-state index in [2.05, 4.69) is 30.8 Å². The molecule has 2 nitrogen and oxygen atoms in total. The molecule has 2 aliphatic heterocycles. The third-order valence-corrected chi connectivity index (χ3v) is 3.79. The van der Waals surface area contributed by atoms with Gasteiger partial charge in [-0.25, -0.2) is 0 Å². The number of nitrogens with one attached hydrogen (secondary N) is 1. The maximum atomic E-state index is 3.94. The van der Waals surface area contributed by atoms with Crippen molar-refractivity contribution in [2.45, 2.75) is 50.7 Å². The van der Waals surface area contributed by atoms with Crippen LogP contribution in [0.3, 0.4) is 0 Å². The Hall–Kier alpha value is -0.340. The highest BCUT2D eigenvalue weighted by molar-refractivity contribution is 4.98. The van der Waals surface area contributed by atoms with Crippen LogP contribution >= 0.6 is 0 Å². The second-order valence-corrected chi connectivity index (χ2v) is 5.06. The van der Waals surface area contributed by atoms with Crippen LogP contribution < -0.4 is 5.32 Å². The fourth-order valence-corrected chi connectivity index (χ4v) is 2.90. The van der Waals surface area contributed by atoms with Gasteiger partial charge in [-0.3, -0.25) is 0 Å². The van der Waals surface area contributed by atoms with Crippen molar-refractivity contribution in [3.8, 4) is 0 Å². The monoisotopic (exact) mass is 194 g/mol. The van der Waals surface area contributed by atoms with E-state index in [1.54, 1.807) is 0 Å². The minimum atomic E-state index is 0.736. The molecule has 80 valence electrons. The summed E-state index contributed by atoms with van der Waals surface area (Å²) in [6, 6.07) is 2.42. The zero-order valence-electron chi connectivity index (χ0n) is 9.42. The molecule has 0 aromatic heterocycles. The molecular weight excluding hydrogens is 172 g/mol. The zero-order valence-corrected chi connectivity index (χ0v) is 9.42. The molecule has 1 N–H and O–H groups in total. The molecule has 0 aromatic carbocycles. The molecule has 2 saturated heterocycles. The van der Waals surface area contributed by atoms with Crippen LogP contribution in [-0.2, 0) is 0 Å². The quantitative estimate of drug-likeness (QED) is 0.689. The van der Waals surface area contributed by atoms with Gasteiger partial charge in [0.25, 0.3) is 0 Å². The Bertz CT molecular complexity index is 210. The standard InChI is InChI=1S/C12H22N2/c1-9(2)8-13-10-6-11-4-5-12(7-10)14(11)3/h10-13H,1,4-8H2,2-3H3. The van der Waals surface area contributed by atoms with Gasteiger partial charge in [-0.2, -0.15) is 0 Å². The highest BCUT2D eigenvalue weighted by Gasteiger charge is 2.37. The normalized spacial score (nSPS) is 37.4. The first kappa shape index (κ1) is 10.2. The van der Waals surface area contributed by atoms with Crippen LogP contribution in [0.4, 0.5) is 0 Å². The summed E-state index contributed by atoms with van der Waals surface area (Å²) in [6.07, 6.45) is 5.49. The predicted octanol–water partition coefficient (Wildman–Crippen LogP) is 1.78. The Morgan fingerprint density at radius 1 is 1.36 bits per heavy atom. The van der Waals surface area contributed by atoms with Crippen molar-refractivity contribution < 1.29 is 0 Å². The van der Waals surface area contributed by atoms with Gasteiger partial charge in [0.1, 0.15) is 0 Å². The van der Waals surface area contributed by atoms with E-state index in [0.29, 0.717) is 0 Å². The number of piperidine rings is 1. The Morgan fingerprint density at radius 2 is 1.93 bits per heavy atom. The Balaban J connectivity index is 1.84. The number of hydrogen-bond donors (Lipinski definition) is 1. The van der Waals surface area contributed by atoms with Gasteiger partial charge in [-0.1, -0.05) is 12.2 Å². The number of rotatable bonds is 3. The van der Waals surface area contributed by atoms with E-state index in [1.807, 2.05) is 0 Å². The van der Waals surface area contributed by atoms with Crippen LogP contribution in [0.2, 0.25) is 0 Å². The Labute approximate surface area is 87.4 Å². The van der Waals surface area contributed by atoms with Crippen molar-refractivity contribution in [3.05, 3.63) is 12.2 Å². The van der Waals surface area contributed by atoms with E-state index in [-0.39, 0.29) is 0 Å². The lowest BCUT2D eigenvalue weighted by atomic mass is 9.98. The summed E-state index contributed by atoms with van der Waals surface area (Å²) in [5.41, 5.74) is 1.25. The van der Waals surface area contributed by atoms with Gasteiger partial charge in [0.2, 0.25) is 0 Å². The molecule has 0 aliphatic carbocycles. The molecule has 2 fully saturated rings. The average Bonchev–Trinajstić information content (AvgIpc) is 2.41. The molecule has 2 unspecified atom stereocenters. The van der Waals surface area contributed by atoms with Crippen molar-refractivity contribution in [3.63, 3.8) is 0 Å². The predicted molar refractivity (Wildman–Crippen MR) is 60.4 cm³/mol. The maximum absolute atomic E-state index is 3.94. The molecule has 14 heavy (non-hydrogen) atoms. The van der Waals surface area contributed by atoms with Crippen molar-refractivity contribution in [1.82, 2.24) is 10.2 Å². The molecule has 0 saturated carbocycles. The van der Waals surface area contributed by atoms with E-state index in [4.69, 9.17) is 0 Å². The molecule has 2 rings (SSSR count). The molecule has 2 heterocycles. The minimum absolute atomic E-state index is 0.736. The lowest BCUT2D eigenvalue weighted by molar-refractivity contribution is 0.150. The van der Waals surface area contributed by atoms with Crippen LogP contribution in [0.15, 0.2) is 12.2 Å². The molecule has 0 amide bonds. The largest absolute Gasteiger partial charge is 0.310 e. The van der Waals surface area contributed by atoms with Gasteiger partial charge in [0.05, 0.1) is 0 Å². The summed E-state index contributed by atoms with van der Waals surface area (Å²) >= 11 is 0. The fraction of sp³-hybridized carbons (Fsp3) is 0.833. The van der Waals surface area contributed by atoms with E-state index >= 15 is 0 Å². The molecule has 0 aromatic rings. The molecule has 2 aliphatic rings. The molecular formula is C12H22N2. The smallest absolute Gasteiger partial charge is 0.0161 e. The van der Waals surface area contributed by atoms with E-state index in [9.17, 15) is 0 Å². The number of fused-ring (bicyclic) bond motifs is 2. The first-order valence-corrected chi connectivity index (χ1v) is 5.76. The van der Waals surface area contributed by atoms with Crippen LogP contribution in [0.5, 0.6) is 0 Å². The Kier molecular flexibility index (Phi) is 2.93. The van der Waals surface area contributed by atoms with Crippen LogP contribution in [0, 0.1) is 0 Å². The van der Waals surface area contributed by atoms with Crippen LogP contribution in [-0.4, -0.2) is 36.6 Å². The summed E-state index contributed by atoms with van der Waals surface area (Å²) in [5.74, 6) is 0. The third kappa shape index (κ3) is 2.01. The minimum Gasteiger partial charge on any atom is -0.310 e.